The third-order valence-corrected chi connectivity index (χ3v) is 3.04. The van der Waals surface area contributed by atoms with E-state index in [-0.39, 0.29) is 11.6 Å². The number of rotatable bonds is 1. The summed E-state index contributed by atoms with van der Waals surface area (Å²) in [5.74, 6) is 0.198. The zero-order chi connectivity index (χ0) is 9.97. The van der Waals surface area contributed by atoms with E-state index >= 15 is 0 Å². The summed E-state index contributed by atoms with van der Waals surface area (Å²) in [6.45, 7) is 0. The van der Waals surface area contributed by atoms with Gasteiger partial charge in [-0.3, -0.25) is 0 Å². The summed E-state index contributed by atoms with van der Waals surface area (Å²) in [6, 6.07) is 4.37. The van der Waals surface area contributed by atoms with Gasteiger partial charge in [-0.2, -0.15) is 0 Å². The maximum absolute atomic E-state index is 12.8. The minimum absolute atomic E-state index is 0.122. The van der Waals surface area contributed by atoms with Gasteiger partial charge in [0.1, 0.15) is 11.6 Å². The van der Waals surface area contributed by atoms with Crippen LogP contribution in [-0.2, 0) is 0 Å². The molecule has 1 fully saturated rings. The molecule has 1 nitrogen and oxygen atoms in total. The number of phenolic OH excluding ortho intramolecular Hbond substituents is 1. The Hall–Kier alpha value is -1.05. The first-order valence-electron chi connectivity index (χ1n) is 5.26. The largest absolute Gasteiger partial charge is 0.508 e. The highest BCUT2D eigenvalue weighted by Crippen LogP contribution is 2.36. The van der Waals surface area contributed by atoms with Gasteiger partial charge in [-0.25, -0.2) is 4.39 Å². The van der Waals surface area contributed by atoms with E-state index in [1.165, 1.54) is 31.4 Å². The lowest BCUT2D eigenvalue weighted by Crippen LogP contribution is -2.04. The molecule has 0 amide bonds. The van der Waals surface area contributed by atoms with E-state index < -0.39 is 0 Å². The summed E-state index contributed by atoms with van der Waals surface area (Å²) in [4.78, 5) is 0. The van der Waals surface area contributed by atoms with Gasteiger partial charge in [0.15, 0.2) is 0 Å². The smallest absolute Gasteiger partial charge is 0.126 e. The second kappa shape index (κ2) is 3.99. The summed E-state index contributed by atoms with van der Waals surface area (Å²) >= 11 is 0. The molecule has 0 atom stereocenters. The molecule has 0 heterocycles. The van der Waals surface area contributed by atoms with Gasteiger partial charge >= 0.3 is 0 Å². The first-order chi connectivity index (χ1) is 6.77. The van der Waals surface area contributed by atoms with Crippen LogP contribution in [0.15, 0.2) is 18.2 Å². The minimum Gasteiger partial charge on any atom is -0.508 e. The fourth-order valence-corrected chi connectivity index (χ4v) is 2.28. The van der Waals surface area contributed by atoms with Crippen LogP contribution in [-0.4, -0.2) is 5.11 Å². The van der Waals surface area contributed by atoms with E-state index in [4.69, 9.17) is 0 Å². The zero-order valence-corrected chi connectivity index (χ0v) is 8.17. The average Bonchev–Trinajstić information content (AvgIpc) is 2.19. The van der Waals surface area contributed by atoms with Crippen LogP contribution in [0.25, 0.3) is 0 Å². The molecule has 1 aromatic carbocycles. The molecule has 1 N–H and O–H groups in total. The standard InChI is InChI=1S/C12H15FO/c13-10-6-7-11(12(14)8-10)9-4-2-1-3-5-9/h6-9,14H,1-5H2. The molecule has 1 aliphatic carbocycles. The van der Waals surface area contributed by atoms with Crippen molar-refractivity contribution < 1.29 is 9.50 Å². The molecule has 0 aromatic heterocycles. The van der Waals surface area contributed by atoms with Crippen LogP contribution in [0.5, 0.6) is 5.75 Å². The van der Waals surface area contributed by atoms with Crippen LogP contribution in [0, 0.1) is 5.82 Å². The minimum atomic E-state index is -0.359. The average molecular weight is 194 g/mol. The van der Waals surface area contributed by atoms with Crippen molar-refractivity contribution in [3.05, 3.63) is 29.6 Å². The topological polar surface area (TPSA) is 20.2 Å². The number of benzene rings is 1. The number of phenols is 1. The quantitative estimate of drug-likeness (QED) is 0.724. The second-order valence-corrected chi connectivity index (χ2v) is 4.04. The monoisotopic (exact) mass is 194 g/mol. The van der Waals surface area contributed by atoms with Gasteiger partial charge in [0.2, 0.25) is 0 Å². The molecule has 0 saturated heterocycles. The van der Waals surface area contributed by atoms with E-state index in [1.54, 1.807) is 6.07 Å². The third kappa shape index (κ3) is 1.89. The van der Waals surface area contributed by atoms with Crippen molar-refractivity contribution in [1.29, 1.82) is 0 Å². The van der Waals surface area contributed by atoms with E-state index in [9.17, 15) is 9.50 Å². The Morgan fingerprint density at radius 2 is 1.86 bits per heavy atom. The molecular formula is C12H15FO. The van der Waals surface area contributed by atoms with E-state index in [0.717, 1.165) is 18.4 Å². The van der Waals surface area contributed by atoms with Gasteiger partial charge in [0.25, 0.3) is 0 Å². The summed E-state index contributed by atoms with van der Waals surface area (Å²) in [5.41, 5.74) is 0.922. The van der Waals surface area contributed by atoms with Crippen LogP contribution in [0.4, 0.5) is 4.39 Å². The highest BCUT2D eigenvalue weighted by atomic mass is 19.1. The molecule has 1 aromatic rings. The second-order valence-electron chi connectivity index (χ2n) is 4.04. The van der Waals surface area contributed by atoms with Crippen molar-refractivity contribution in [2.24, 2.45) is 0 Å². The fraction of sp³-hybridized carbons (Fsp3) is 0.500. The maximum Gasteiger partial charge on any atom is 0.126 e. The number of halogens is 1. The van der Waals surface area contributed by atoms with Gasteiger partial charge < -0.3 is 5.11 Å². The molecule has 0 radical (unpaired) electrons. The maximum atomic E-state index is 12.8. The van der Waals surface area contributed by atoms with E-state index in [1.807, 2.05) is 0 Å². The van der Waals surface area contributed by atoms with Crippen molar-refractivity contribution in [1.82, 2.24) is 0 Å². The molecule has 0 unspecified atom stereocenters. The SMILES string of the molecule is Oc1cc(F)ccc1C1CCCCC1. The molecule has 1 saturated carbocycles. The summed E-state index contributed by atoms with van der Waals surface area (Å²) in [5, 5.41) is 9.60. The van der Waals surface area contributed by atoms with Crippen LogP contribution < -0.4 is 0 Å². The third-order valence-electron chi connectivity index (χ3n) is 3.04. The molecule has 0 bridgehead atoms. The molecule has 1 aliphatic rings. The lowest BCUT2D eigenvalue weighted by Gasteiger charge is -2.22. The lowest BCUT2D eigenvalue weighted by atomic mass is 9.84. The van der Waals surface area contributed by atoms with Gasteiger partial charge in [-0.05, 0) is 30.4 Å². The molecule has 76 valence electrons. The number of hydrogen-bond acceptors (Lipinski definition) is 1. The first-order valence-corrected chi connectivity index (χ1v) is 5.26. The van der Waals surface area contributed by atoms with Crippen LogP contribution in [0.2, 0.25) is 0 Å². The zero-order valence-electron chi connectivity index (χ0n) is 8.17. The lowest BCUT2D eigenvalue weighted by molar-refractivity contribution is 0.411. The predicted octanol–water partition coefficient (Wildman–Crippen LogP) is 3.58. The van der Waals surface area contributed by atoms with Crippen LogP contribution in [0.3, 0.4) is 0 Å². The van der Waals surface area contributed by atoms with Gasteiger partial charge in [0.05, 0.1) is 0 Å². The van der Waals surface area contributed by atoms with Crippen molar-refractivity contribution in [2.75, 3.05) is 0 Å². The molecule has 2 heteroatoms. The number of hydrogen-bond donors (Lipinski definition) is 1. The fourth-order valence-electron chi connectivity index (χ4n) is 2.28. The van der Waals surface area contributed by atoms with Crippen molar-refractivity contribution in [3.8, 4) is 5.75 Å². The summed E-state index contributed by atoms with van der Waals surface area (Å²) in [7, 11) is 0. The Labute approximate surface area is 83.6 Å². The van der Waals surface area contributed by atoms with Crippen molar-refractivity contribution in [3.63, 3.8) is 0 Å². The summed E-state index contributed by atoms with van der Waals surface area (Å²) in [6.07, 6.45) is 5.99. The van der Waals surface area contributed by atoms with Gasteiger partial charge in [-0.1, -0.05) is 25.3 Å². The normalized spacial score (nSPS) is 18.4. The number of aromatic hydroxyl groups is 1. The van der Waals surface area contributed by atoms with Crippen LogP contribution >= 0.6 is 0 Å². The Morgan fingerprint density at radius 1 is 1.14 bits per heavy atom. The molecule has 14 heavy (non-hydrogen) atoms. The Kier molecular flexibility index (Phi) is 2.71. The van der Waals surface area contributed by atoms with E-state index in [2.05, 4.69) is 0 Å². The molecule has 0 aliphatic heterocycles. The highest BCUT2D eigenvalue weighted by Gasteiger charge is 2.18. The molecular weight excluding hydrogens is 179 g/mol. The Bertz CT molecular complexity index is 316. The first kappa shape index (κ1) is 9.50. The Balaban J connectivity index is 2.22. The van der Waals surface area contributed by atoms with Crippen molar-refractivity contribution in [2.45, 2.75) is 38.0 Å². The predicted molar refractivity (Wildman–Crippen MR) is 53.9 cm³/mol. The van der Waals surface area contributed by atoms with E-state index in [0.29, 0.717) is 5.92 Å². The Morgan fingerprint density at radius 3 is 2.50 bits per heavy atom. The highest BCUT2D eigenvalue weighted by molar-refractivity contribution is 5.35. The van der Waals surface area contributed by atoms with Crippen molar-refractivity contribution >= 4 is 0 Å². The molecule has 0 spiro atoms. The van der Waals surface area contributed by atoms with Crippen LogP contribution in [0.1, 0.15) is 43.6 Å². The molecule has 2 rings (SSSR count). The van der Waals surface area contributed by atoms with Gasteiger partial charge in [-0.15, -0.1) is 0 Å². The summed E-state index contributed by atoms with van der Waals surface area (Å²) < 4.78 is 12.8. The van der Waals surface area contributed by atoms with Gasteiger partial charge in [0, 0.05) is 6.07 Å².